The fourth-order valence-corrected chi connectivity index (χ4v) is 2.28. The van der Waals surface area contributed by atoms with Crippen LogP contribution >= 0.6 is 0 Å². The molecule has 0 radical (unpaired) electrons. The first-order valence-electron chi connectivity index (χ1n) is 7.99. The Morgan fingerprint density at radius 2 is 1.87 bits per heavy atom. The van der Waals surface area contributed by atoms with Crippen LogP contribution in [0.4, 0.5) is 10.5 Å². The molecule has 1 amide bonds. The van der Waals surface area contributed by atoms with E-state index in [4.69, 9.17) is 6.11 Å². The summed E-state index contributed by atoms with van der Waals surface area (Å²) in [6.07, 6.45) is -0.779. The molecule has 122 valence electrons. The SMILES string of the molecule is [2H]CC(C)(C)OC(=O)N(c1cccc2ccccc12)[C@@H](C)C(=O)O. The van der Waals surface area contributed by atoms with Gasteiger partial charge in [-0.05, 0) is 39.1 Å². The van der Waals surface area contributed by atoms with Crippen molar-refractivity contribution in [3.63, 3.8) is 0 Å². The van der Waals surface area contributed by atoms with Gasteiger partial charge < -0.3 is 9.84 Å². The van der Waals surface area contributed by atoms with Crippen LogP contribution in [0.3, 0.4) is 0 Å². The van der Waals surface area contributed by atoms with E-state index in [0.29, 0.717) is 5.69 Å². The van der Waals surface area contributed by atoms with E-state index >= 15 is 0 Å². The van der Waals surface area contributed by atoms with Crippen molar-refractivity contribution in [2.24, 2.45) is 0 Å². The van der Waals surface area contributed by atoms with Gasteiger partial charge in [-0.1, -0.05) is 36.4 Å². The molecule has 0 fully saturated rings. The maximum atomic E-state index is 12.7. The minimum Gasteiger partial charge on any atom is -0.480 e. The number of rotatable bonds is 3. The van der Waals surface area contributed by atoms with Crippen molar-refractivity contribution in [3.8, 4) is 0 Å². The largest absolute Gasteiger partial charge is 0.480 e. The molecule has 2 rings (SSSR count). The zero-order valence-electron chi connectivity index (χ0n) is 14.4. The van der Waals surface area contributed by atoms with Gasteiger partial charge in [0.25, 0.3) is 0 Å². The zero-order chi connectivity index (χ0) is 17.9. The van der Waals surface area contributed by atoms with Crippen LogP contribution in [0.15, 0.2) is 42.5 Å². The molecule has 0 heterocycles. The van der Waals surface area contributed by atoms with Crippen molar-refractivity contribution < 1.29 is 20.8 Å². The molecule has 1 N–H and O–H groups in total. The minimum atomic E-state index is -1.14. The molecule has 0 aliphatic carbocycles. The molecule has 2 aromatic carbocycles. The molecule has 0 aliphatic rings. The molecule has 0 saturated heterocycles. The van der Waals surface area contributed by atoms with Crippen LogP contribution in [0.1, 0.15) is 29.0 Å². The Morgan fingerprint density at radius 3 is 2.52 bits per heavy atom. The topological polar surface area (TPSA) is 66.8 Å². The number of carbonyl (C=O) groups is 2. The summed E-state index contributed by atoms with van der Waals surface area (Å²) in [7, 11) is 0. The third-order valence-electron chi connectivity index (χ3n) is 3.33. The fraction of sp³-hybridized carbons (Fsp3) is 0.333. The molecule has 5 heteroatoms. The first kappa shape index (κ1) is 15.3. The highest BCUT2D eigenvalue weighted by Crippen LogP contribution is 2.29. The van der Waals surface area contributed by atoms with Crippen molar-refractivity contribution >= 4 is 28.5 Å². The van der Waals surface area contributed by atoms with Crippen LogP contribution in [0.2, 0.25) is 0 Å². The van der Waals surface area contributed by atoms with E-state index in [9.17, 15) is 14.7 Å². The Kier molecular flexibility index (Phi) is 4.19. The van der Waals surface area contributed by atoms with Crippen LogP contribution in [0, 0.1) is 0 Å². The van der Waals surface area contributed by atoms with Gasteiger partial charge in [0, 0.05) is 6.76 Å². The van der Waals surface area contributed by atoms with E-state index in [2.05, 4.69) is 0 Å². The summed E-state index contributed by atoms with van der Waals surface area (Å²) < 4.78 is 12.8. The normalized spacial score (nSPS) is 13.3. The Hall–Kier alpha value is -2.56. The zero-order valence-corrected chi connectivity index (χ0v) is 13.4. The number of carbonyl (C=O) groups excluding carboxylic acids is 1. The maximum Gasteiger partial charge on any atom is 0.415 e. The number of carboxylic acid groups (broad SMARTS) is 1. The van der Waals surface area contributed by atoms with Gasteiger partial charge in [0.05, 0.1) is 5.69 Å². The first-order valence-corrected chi connectivity index (χ1v) is 7.29. The van der Waals surface area contributed by atoms with Gasteiger partial charge in [-0.25, -0.2) is 9.59 Å². The summed E-state index contributed by atoms with van der Waals surface area (Å²) in [5.41, 5.74) is -0.535. The molecule has 5 nitrogen and oxygen atoms in total. The molecule has 0 bridgehead atoms. The van der Waals surface area contributed by atoms with Gasteiger partial charge in [-0.3, -0.25) is 4.90 Å². The Bertz CT molecular complexity index is 754. The molecule has 2 aromatic rings. The Labute approximate surface area is 136 Å². The summed E-state index contributed by atoms with van der Waals surface area (Å²) in [5, 5.41) is 11.1. The molecular weight excluding hydrogens is 294 g/mol. The number of amides is 1. The van der Waals surface area contributed by atoms with Crippen LogP contribution in [-0.4, -0.2) is 28.8 Å². The quantitative estimate of drug-likeness (QED) is 0.927. The average molecular weight is 316 g/mol. The van der Waals surface area contributed by atoms with E-state index in [1.54, 1.807) is 26.0 Å². The van der Waals surface area contributed by atoms with Crippen molar-refractivity contribution in [3.05, 3.63) is 42.5 Å². The smallest absolute Gasteiger partial charge is 0.415 e. The molecular formula is C18H21NO4. The number of ether oxygens (including phenoxy) is 1. The van der Waals surface area contributed by atoms with Crippen LogP contribution in [-0.2, 0) is 9.53 Å². The second kappa shape index (κ2) is 6.28. The number of hydrogen-bond acceptors (Lipinski definition) is 3. The number of fused-ring (bicyclic) bond motifs is 1. The van der Waals surface area contributed by atoms with E-state index in [1.165, 1.54) is 6.92 Å². The molecule has 0 aromatic heterocycles. The minimum absolute atomic E-state index is 0.121. The number of nitrogens with zero attached hydrogens (tertiary/aromatic N) is 1. The van der Waals surface area contributed by atoms with E-state index < -0.39 is 23.7 Å². The lowest BCUT2D eigenvalue weighted by Crippen LogP contribution is -2.46. The molecule has 0 aliphatic heterocycles. The summed E-state index contributed by atoms with van der Waals surface area (Å²) in [5.74, 6) is -1.14. The predicted molar refractivity (Wildman–Crippen MR) is 89.8 cm³/mol. The fourth-order valence-electron chi connectivity index (χ4n) is 2.28. The highest BCUT2D eigenvalue weighted by atomic mass is 16.6. The lowest BCUT2D eigenvalue weighted by atomic mass is 10.1. The standard InChI is InChI=1S/C18H21NO4/c1-12(16(20)21)19(17(22)23-18(2,3)4)15-11-7-9-13-8-5-6-10-14(13)15/h5-12H,1-4H3,(H,20,21)/t12-/m0/s1/i2D. The van der Waals surface area contributed by atoms with Crippen molar-refractivity contribution in [2.75, 3.05) is 4.90 Å². The second-order valence-corrected chi connectivity index (χ2v) is 6.01. The van der Waals surface area contributed by atoms with Crippen molar-refractivity contribution in [2.45, 2.75) is 39.3 Å². The van der Waals surface area contributed by atoms with Gasteiger partial charge in [0.15, 0.2) is 0 Å². The third kappa shape index (κ3) is 3.80. The maximum absolute atomic E-state index is 12.7. The van der Waals surface area contributed by atoms with Gasteiger partial charge in [-0.15, -0.1) is 0 Å². The lowest BCUT2D eigenvalue weighted by Gasteiger charge is -2.30. The number of benzene rings is 2. The number of aliphatic carboxylic acids is 1. The number of carboxylic acids is 1. The van der Waals surface area contributed by atoms with E-state index in [0.717, 1.165) is 15.7 Å². The first-order chi connectivity index (χ1) is 11.3. The van der Waals surface area contributed by atoms with Crippen LogP contribution in [0.25, 0.3) is 10.8 Å². The Morgan fingerprint density at radius 1 is 1.22 bits per heavy atom. The highest BCUT2D eigenvalue weighted by molar-refractivity contribution is 6.04. The summed E-state index contributed by atoms with van der Waals surface area (Å²) in [6, 6.07) is 11.7. The summed E-state index contributed by atoms with van der Waals surface area (Å²) in [4.78, 5) is 25.3. The monoisotopic (exact) mass is 316 g/mol. The van der Waals surface area contributed by atoms with E-state index in [1.807, 2.05) is 30.3 Å². The summed E-state index contributed by atoms with van der Waals surface area (Å²) in [6.45, 7) is 4.54. The number of anilines is 1. The Balaban J connectivity index is 2.54. The van der Waals surface area contributed by atoms with Crippen LogP contribution in [0.5, 0.6) is 0 Å². The van der Waals surface area contributed by atoms with Crippen LogP contribution < -0.4 is 4.90 Å². The second-order valence-electron chi connectivity index (χ2n) is 6.01. The molecule has 23 heavy (non-hydrogen) atoms. The van der Waals surface area contributed by atoms with Gasteiger partial charge >= 0.3 is 12.1 Å². The van der Waals surface area contributed by atoms with Gasteiger partial charge in [0.2, 0.25) is 0 Å². The molecule has 0 saturated carbocycles. The summed E-state index contributed by atoms with van der Waals surface area (Å²) >= 11 is 0. The molecule has 1 atom stereocenters. The highest BCUT2D eigenvalue weighted by Gasteiger charge is 2.32. The predicted octanol–water partition coefficient (Wildman–Crippen LogP) is 4.05. The van der Waals surface area contributed by atoms with E-state index in [-0.39, 0.29) is 6.90 Å². The molecule has 0 spiro atoms. The molecule has 0 unspecified atom stereocenters. The van der Waals surface area contributed by atoms with Gasteiger partial charge in [0.1, 0.15) is 11.6 Å². The van der Waals surface area contributed by atoms with Crippen molar-refractivity contribution in [1.82, 2.24) is 0 Å². The lowest BCUT2D eigenvalue weighted by molar-refractivity contribution is -0.138. The van der Waals surface area contributed by atoms with Gasteiger partial charge in [-0.2, -0.15) is 0 Å². The number of hydrogen-bond donors (Lipinski definition) is 1. The third-order valence-corrected chi connectivity index (χ3v) is 3.33. The van der Waals surface area contributed by atoms with Crippen molar-refractivity contribution in [1.29, 1.82) is 0 Å². The average Bonchev–Trinajstić information content (AvgIpc) is 2.54.